The molecule has 2 rings (SSSR count). The van der Waals surface area contributed by atoms with Crippen molar-refractivity contribution >= 4 is 33.0 Å². The number of nitrogen functional groups attached to an aromatic ring is 1. The van der Waals surface area contributed by atoms with E-state index in [2.05, 4.69) is 21.2 Å². The van der Waals surface area contributed by atoms with E-state index in [1.54, 1.807) is 36.4 Å². The van der Waals surface area contributed by atoms with Crippen molar-refractivity contribution in [3.63, 3.8) is 0 Å². The fourth-order valence-corrected chi connectivity index (χ4v) is 1.65. The first kappa shape index (κ1) is 11.0. The fourth-order valence-electron chi connectivity index (χ4n) is 1.31. The van der Waals surface area contributed by atoms with Crippen LogP contribution in [0, 0.1) is 5.82 Å². The topological polar surface area (TPSA) is 38.0 Å². The molecule has 0 fully saturated rings. The molecule has 0 bridgehead atoms. The number of hydrogen-bond donors (Lipinski definition) is 2. The smallest absolute Gasteiger partial charge is 0.147 e. The highest BCUT2D eigenvalue weighted by atomic mass is 79.9. The van der Waals surface area contributed by atoms with Gasteiger partial charge in [0.25, 0.3) is 0 Å². The van der Waals surface area contributed by atoms with Gasteiger partial charge in [-0.2, -0.15) is 0 Å². The normalized spacial score (nSPS) is 10.1. The molecule has 0 atom stereocenters. The Bertz CT molecular complexity index is 497. The summed E-state index contributed by atoms with van der Waals surface area (Å²) in [5.74, 6) is -0.300. The van der Waals surface area contributed by atoms with E-state index in [4.69, 9.17) is 5.73 Å². The van der Waals surface area contributed by atoms with E-state index in [9.17, 15) is 4.39 Å². The van der Waals surface area contributed by atoms with Gasteiger partial charge in [-0.3, -0.25) is 0 Å². The molecule has 0 radical (unpaired) electrons. The molecule has 0 saturated carbocycles. The highest BCUT2D eigenvalue weighted by Crippen LogP contribution is 2.23. The summed E-state index contributed by atoms with van der Waals surface area (Å²) in [6, 6.07) is 12.0. The maximum Gasteiger partial charge on any atom is 0.147 e. The highest BCUT2D eigenvalue weighted by molar-refractivity contribution is 9.10. The molecule has 4 heteroatoms. The Morgan fingerprint density at radius 3 is 2.38 bits per heavy atom. The minimum Gasteiger partial charge on any atom is -0.399 e. The van der Waals surface area contributed by atoms with Crippen molar-refractivity contribution in [2.45, 2.75) is 0 Å². The van der Waals surface area contributed by atoms with E-state index in [1.807, 2.05) is 0 Å². The zero-order valence-electron chi connectivity index (χ0n) is 8.37. The van der Waals surface area contributed by atoms with Gasteiger partial charge >= 0.3 is 0 Å². The number of anilines is 3. The Balaban J connectivity index is 2.23. The molecule has 0 aliphatic rings. The molecule has 2 nitrogen and oxygen atoms in total. The molecule has 0 unspecified atom stereocenters. The first-order valence-corrected chi connectivity index (χ1v) is 5.52. The molecule has 16 heavy (non-hydrogen) atoms. The van der Waals surface area contributed by atoms with Crippen molar-refractivity contribution in [2.24, 2.45) is 0 Å². The largest absolute Gasteiger partial charge is 0.399 e. The molecular formula is C12H10BrFN2. The first-order chi connectivity index (χ1) is 7.65. The van der Waals surface area contributed by atoms with E-state index in [1.165, 1.54) is 6.07 Å². The summed E-state index contributed by atoms with van der Waals surface area (Å²) in [5, 5.41) is 2.98. The van der Waals surface area contributed by atoms with Crippen LogP contribution in [0.1, 0.15) is 0 Å². The SMILES string of the molecule is Nc1ccc(Nc2ccc(Br)cc2F)cc1. The van der Waals surface area contributed by atoms with Crippen LogP contribution in [0.3, 0.4) is 0 Å². The van der Waals surface area contributed by atoms with Gasteiger partial charge in [0.1, 0.15) is 5.82 Å². The molecule has 2 aromatic carbocycles. The van der Waals surface area contributed by atoms with Gasteiger partial charge < -0.3 is 11.1 Å². The molecule has 0 heterocycles. The van der Waals surface area contributed by atoms with Gasteiger partial charge in [0.05, 0.1) is 5.69 Å². The molecule has 0 saturated heterocycles. The number of nitrogens with two attached hydrogens (primary N) is 1. The molecule has 0 aliphatic carbocycles. The number of halogens is 2. The Hall–Kier alpha value is -1.55. The van der Waals surface area contributed by atoms with Crippen molar-refractivity contribution in [3.8, 4) is 0 Å². The predicted molar refractivity (Wildman–Crippen MR) is 68.2 cm³/mol. The van der Waals surface area contributed by atoms with Crippen LogP contribution >= 0.6 is 15.9 Å². The van der Waals surface area contributed by atoms with Crippen molar-refractivity contribution in [3.05, 3.63) is 52.8 Å². The van der Waals surface area contributed by atoms with Gasteiger partial charge in [0.15, 0.2) is 0 Å². The minimum absolute atomic E-state index is 0.300. The summed E-state index contributed by atoms with van der Waals surface area (Å²) in [6.07, 6.45) is 0. The average molecular weight is 281 g/mol. The molecular weight excluding hydrogens is 271 g/mol. The van der Waals surface area contributed by atoms with Crippen LogP contribution in [0.25, 0.3) is 0 Å². The van der Waals surface area contributed by atoms with Crippen molar-refractivity contribution in [2.75, 3.05) is 11.1 Å². The lowest BCUT2D eigenvalue weighted by Crippen LogP contribution is -1.94. The summed E-state index contributed by atoms with van der Waals surface area (Å²) in [6.45, 7) is 0. The van der Waals surface area contributed by atoms with E-state index < -0.39 is 0 Å². The van der Waals surface area contributed by atoms with Crippen LogP contribution in [0.4, 0.5) is 21.5 Å². The van der Waals surface area contributed by atoms with Crippen molar-refractivity contribution < 1.29 is 4.39 Å². The molecule has 0 aromatic heterocycles. The zero-order valence-corrected chi connectivity index (χ0v) is 9.96. The summed E-state index contributed by atoms with van der Waals surface area (Å²) >= 11 is 3.21. The third-order valence-electron chi connectivity index (χ3n) is 2.12. The van der Waals surface area contributed by atoms with Gasteiger partial charge in [-0.1, -0.05) is 15.9 Å². The lowest BCUT2D eigenvalue weighted by Gasteiger charge is -2.07. The number of hydrogen-bond acceptors (Lipinski definition) is 2. The monoisotopic (exact) mass is 280 g/mol. The van der Waals surface area contributed by atoms with Gasteiger partial charge in [0.2, 0.25) is 0 Å². The summed E-state index contributed by atoms with van der Waals surface area (Å²) in [7, 11) is 0. The molecule has 2 aromatic rings. The van der Waals surface area contributed by atoms with Crippen LogP contribution in [-0.2, 0) is 0 Å². The van der Waals surface area contributed by atoms with E-state index in [0.29, 0.717) is 15.8 Å². The van der Waals surface area contributed by atoms with E-state index >= 15 is 0 Å². The van der Waals surface area contributed by atoms with Crippen LogP contribution in [-0.4, -0.2) is 0 Å². The van der Waals surface area contributed by atoms with Crippen LogP contribution in [0.2, 0.25) is 0 Å². The van der Waals surface area contributed by atoms with Crippen LogP contribution in [0.5, 0.6) is 0 Å². The standard InChI is InChI=1S/C12H10BrFN2/c13-8-1-6-12(11(14)7-8)16-10-4-2-9(15)3-5-10/h1-7,16H,15H2. The van der Waals surface area contributed by atoms with E-state index in [0.717, 1.165) is 5.69 Å². The van der Waals surface area contributed by atoms with Gasteiger partial charge in [-0.15, -0.1) is 0 Å². The minimum atomic E-state index is -0.300. The lowest BCUT2D eigenvalue weighted by molar-refractivity contribution is 0.631. The molecule has 0 spiro atoms. The van der Waals surface area contributed by atoms with E-state index in [-0.39, 0.29) is 5.82 Å². The third-order valence-corrected chi connectivity index (χ3v) is 2.61. The lowest BCUT2D eigenvalue weighted by atomic mass is 10.2. The second kappa shape index (κ2) is 4.53. The van der Waals surface area contributed by atoms with Crippen LogP contribution < -0.4 is 11.1 Å². The maximum atomic E-state index is 13.5. The second-order valence-electron chi connectivity index (χ2n) is 3.37. The predicted octanol–water partition coefficient (Wildman–Crippen LogP) is 3.91. The number of rotatable bonds is 2. The maximum absolute atomic E-state index is 13.5. The molecule has 82 valence electrons. The van der Waals surface area contributed by atoms with Gasteiger partial charge in [-0.05, 0) is 42.5 Å². The fraction of sp³-hybridized carbons (Fsp3) is 0. The van der Waals surface area contributed by atoms with Crippen LogP contribution in [0.15, 0.2) is 46.9 Å². The Morgan fingerprint density at radius 1 is 1.06 bits per heavy atom. The third kappa shape index (κ3) is 2.52. The molecule has 0 aliphatic heterocycles. The number of benzene rings is 2. The second-order valence-corrected chi connectivity index (χ2v) is 4.29. The summed E-state index contributed by atoms with van der Waals surface area (Å²) in [4.78, 5) is 0. The van der Waals surface area contributed by atoms with Gasteiger partial charge in [0, 0.05) is 15.8 Å². The average Bonchev–Trinajstić information content (AvgIpc) is 2.25. The van der Waals surface area contributed by atoms with Crippen molar-refractivity contribution in [1.29, 1.82) is 0 Å². The quantitative estimate of drug-likeness (QED) is 0.819. The van der Waals surface area contributed by atoms with Crippen molar-refractivity contribution in [1.82, 2.24) is 0 Å². The molecule has 3 N–H and O–H groups in total. The number of nitrogens with one attached hydrogen (secondary N) is 1. The highest BCUT2D eigenvalue weighted by Gasteiger charge is 2.02. The Kier molecular flexibility index (Phi) is 3.10. The van der Waals surface area contributed by atoms with Gasteiger partial charge in [-0.25, -0.2) is 4.39 Å². The Labute approximate surface area is 101 Å². The summed E-state index contributed by atoms with van der Waals surface area (Å²) < 4.78 is 14.2. The summed E-state index contributed by atoms with van der Waals surface area (Å²) in [5.41, 5.74) is 7.48. The first-order valence-electron chi connectivity index (χ1n) is 4.73. The zero-order chi connectivity index (χ0) is 11.5. The molecule has 0 amide bonds. The Morgan fingerprint density at radius 2 is 1.75 bits per heavy atom.